The molecule has 0 radical (unpaired) electrons. The number of nitrogens with one attached hydrogen (secondary N) is 1. The summed E-state index contributed by atoms with van der Waals surface area (Å²) in [5, 5.41) is 3.50. The molecule has 0 heterocycles. The minimum Gasteiger partial charge on any atom is -0.319 e. The summed E-state index contributed by atoms with van der Waals surface area (Å²) in [7, 11) is 2.14. The Bertz CT molecular complexity index is 504. The van der Waals surface area contributed by atoms with Gasteiger partial charge in [-0.1, -0.05) is 29.8 Å². The van der Waals surface area contributed by atoms with Crippen LogP contribution in [0.15, 0.2) is 24.3 Å². The second-order valence-electron chi connectivity index (χ2n) is 8.14. The van der Waals surface area contributed by atoms with E-state index in [0.29, 0.717) is 10.8 Å². The van der Waals surface area contributed by atoms with Crippen molar-refractivity contribution in [2.45, 2.75) is 50.9 Å². The molecule has 20 heavy (non-hydrogen) atoms. The maximum Gasteiger partial charge on any atom is 0.000533 e. The molecule has 1 N–H and O–H groups in total. The lowest BCUT2D eigenvalue weighted by atomic mass is 9.43. The molecule has 4 aliphatic carbocycles. The molecule has 0 aromatic heterocycles. The van der Waals surface area contributed by atoms with Gasteiger partial charge in [0.2, 0.25) is 0 Å². The lowest BCUT2D eigenvalue weighted by Crippen LogP contribution is -2.56. The molecular weight excluding hydrogens is 242 g/mol. The number of rotatable bonds is 3. The van der Waals surface area contributed by atoms with E-state index < -0.39 is 0 Å². The topological polar surface area (TPSA) is 12.0 Å². The molecule has 4 saturated carbocycles. The van der Waals surface area contributed by atoms with Crippen LogP contribution in [0.1, 0.15) is 49.7 Å². The van der Waals surface area contributed by atoms with E-state index in [4.69, 9.17) is 0 Å². The minimum atomic E-state index is 0.507. The van der Waals surface area contributed by atoms with E-state index in [0.717, 1.165) is 11.8 Å². The highest BCUT2D eigenvalue weighted by molar-refractivity contribution is 5.33. The molecule has 2 unspecified atom stereocenters. The molecule has 4 fully saturated rings. The van der Waals surface area contributed by atoms with Gasteiger partial charge in [-0.25, -0.2) is 0 Å². The van der Waals surface area contributed by atoms with Crippen molar-refractivity contribution in [2.24, 2.45) is 17.3 Å². The second kappa shape index (κ2) is 4.34. The molecule has 1 aromatic carbocycles. The number of hydrogen-bond donors (Lipinski definition) is 1. The van der Waals surface area contributed by atoms with Crippen LogP contribution in [0, 0.1) is 24.2 Å². The minimum absolute atomic E-state index is 0.507. The molecule has 1 heteroatoms. The number of benzene rings is 1. The molecule has 0 saturated heterocycles. The first-order valence-corrected chi connectivity index (χ1v) is 8.35. The third kappa shape index (κ3) is 1.86. The third-order valence-corrected chi connectivity index (χ3v) is 6.36. The Morgan fingerprint density at radius 3 is 2.55 bits per heavy atom. The summed E-state index contributed by atoms with van der Waals surface area (Å²) in [5.74, 6) is 1.98. The van der Waals surface area contributed by atoms with Crippen LogP contribution in [-0.4, -0.2) is 13.6 Å². The predicted octanol–water partition coefficient (Wildman–Crippen LogP) is 4.05. The molecule has 2 atom stereocenters. The molecule has 0 aliphatic heterocycles. The van der Waals surface area contributed by atoms with Crippen LogP contribution in [0.5, 0.6) is 0 Å². The maximum absolute atomic E-state index is 3.50. The SMILES string of the molecule is CNCC12CC3CC(C1)CC(c1cccc(C)c1)(C3)C2. The highest BCUT2D eigenvalue weighted by atomic mass is 14.8. The Morgan fingerprint density at radius 2 is 1.90 bits per heavy atom. The quantitative estimate of drug-likeness (QED) is 0.873. The third-order valence-electron chi connectivity index (χ3n) is 6.36. The summed E-state index contributed by atoms with van der Waals surface area (Å²) in [5.41, 5.74) is 4.18. The van der Waals surface area contributed by atoms with Gasteiger partial charge >= 0.3 is 0 Å². The maximum atomic E-state index is 3.50. The lowest BCUT2D eigenvalue weighted by Gasteiger charge is -2.62. The van der Waals surface area contributed by atoms with Gasteiger partial charge in [0.05, 0.1) is 0 Å². The van der Waals surface area contributed by atoms with Crippen molar-refractivity contribution >= 4 is 0 Å². The van der Waals surface area contributed by atoms with E-state index in [2.05, 4.69) is 43.6 Å². The number of hydrogen-bond acceptors (Lipinski definition) is 1. The van der Waals surface area contributed by atoms with Crippen molar-refractivity contribution in [3.05, 3.63) is 35.4 Å². The van der Waals surface area contributed by atoms with Crippen LogP contribution < -0.4 is 5.32 Å². The predicted molar refractivity (Wildman–Crippen MR) is 83.9 cm³/mol. The van der Waals surface area contributed by atoms with Crippen LogP contribution >= 0.6 is 0 Å². The van der Waals surface area contributed by atoms with Gasteiger partial charge in [0, 0.05) is 6.54 Å². The van der Waals surface area contributed by atoms with Gasteiger partial charge in [-0.15, -0.1) is 0 Å². The van der Waals surface area contributed by atoms with E-state index in [1.54, 1.807) is 5.56 Å². The zero-order valence-corrected chi connectivity index (χ0v) is 12.9. The smallest absolute Gasteiger partial charge is 0.000533 e. The largest absolute Gasteiger partial charge is 0.319 e. The lowest BCUT2D eigenvalue weighted by molar-refractivity contribution is -0.0699. The molecule has 0 amide bonds. The van der Waals surface area contributed by atoms with Gasteiger partial charge < -0.3 is 5.32 Å². The molecule has 1 nitrogen and oxygen atoms in total. The van der Waals surface area contributed by atoms with Crippen molar-refractivity contribution in [3.63, 3.8) is 0 Å². The van der Waals surface area contributed by atoms with E-state index in [1.807, 2.05) is 0 Å². The molecule has 4 aliphatic rings. The average Bonchev–Trinajstić information content (AvgIpc) is 2.37. The van der Waals surface area contributed by atoms with Gasteiger partial charge in [0.25, 0.3) is 0 Å². The van der Waals surface area contributed by atoms with Crippen molar-refractivity contribution < 1.29 is 0 Å². The first kappa shape index (κ1) is 12.9. The van der Waals surface area contributed by atoms with Crippen LogP contribution in [0.2, 0.25) is 0 Å². The highest BCUT2D eigenvalue weighted by Crippen LogP contribution is 2.65. The summed E-state index contributed by atoms with van der Waals surface area (Å²) in [6.45, 7) is 3.47. The van der Waals surface area contributed by atoms with E-state index in [9.17, 15) is 0 Å². The van der Waals surface area contributed by atoms with Gasteiger partial charge in [-0.3, -0.25) is 0 Å². The Labute approximate surface area is 123 Å². The van der Waals surface area contributed by atoms with Gasteiger partial charge in [0.1, 0.15) is 0 Å². The summed E-state index contributed by atoms with van der Waals surface area (Å²) < 4.78 is 0. The fourth-order valence-corrected chi connectivity index (χ4v) is 6.35. The Hall–Kier alpha value is -0.820. The second-order valence-corrected chi connectivity index (χ2v) is 8.14. The first-order chi connectivity index (χ1) is 9.63. The fraction of sp³-hybridized carbons (Fsp3) is 0.684. The van der Waals surface area contributed by atoms with Crippen molar-refractivity contribution in [1.29, 1.82) is 0 Å². The molecular formula is C19H27N. The summed E-state index contributed by atoms with van der Waals surface area (Å²) in [6, 6.07) is 9.40. The first-order valence-electron chi connectivity index (χ1n) is 8.35. The molecule has 0 spiro atoms. The summed E-state index contributed by atoms with van der Waals surface area (Å²) >= 11 is 0. The zero-order chi connectivity index (χ0) is 13.8. The molecule has 4 bridgehead atoms. The van der Waals surface area contributed by atoms with Crippen LogP contribution in [0.3, 0.4) is 0 Å². The molecule has 108 valence electrons. The average molecular weight is 269 g/mol. The Morgan fingerprint density at radius 1 is 1.15 bits per heavy atom. The molecule has 5 rings (SSSR count). The van der Waals surface area contributed by atoms with Crippen molar-refractivity contribution in [3.8, 4) is 0 Å². The summed E-state index contributed by atoms with van der Waals surface area (Å²) in [4.78, 5) is 0. The van der Waals surface area contributed by atoms with Crippen molar-refractivity contribution in [2.75, 3.05) is 13.6 Å². The van der Waals surface area contributed by atoms with E-state index >= 15 is 0 Å². The zero-order valence-electron chi connectivity index (χ0n) is 12.9. The normalized spacial score (nSPS) is 42.1. The Kier molecular flexibility index (Phi) is 2.79. The monoisotopic (exact) mass is 269 g/mol. The van der Waals surface area contributed by atoms with E-state index in [1.165, 1.54) is 50.6 Å². The van der Waals surface area contributed by atoms with Crippen LogP contribution in [0.25, 0.3) is 0 Å². The Balaban J connectivity index is 1.75. The number of aryl methyl sites for hydroxylation is 1. The van der Waals surface area contributed by atoms with Gasteiger partial charge in [-0.2, -0.15) is 0 Å². The van der Waals surface area contributed by atoms with Gasteiger partial charge in [-0.05, 0) is 80.7 Å². The highest BCUT2D eigenvalue weighted by Gasteiger charge is 2.57. The fourth-order valence-electron chi connectivity index (χ4n) is 6.35. The summed E-state index contributed by atoms with van der Waals surface area (Å²) in [6.07, 6.45) is 8.82. The van der Waals surface area contributed by atoms with Crippen molar-refractivity contribution in [1.82, 2.24) is 5.32 Å². The molecule has 1 aromatic rings. The van der Waals surface area contributed by atoms with E-state index in [-0.39, 0.29) is 0 Å². The van der Waals surface area contributed by atoms with Crippen LogP contribution in [-0.2, 0) is 5.41 Å². The van der Waals surface area contributed by atoms with Crippen LogP contribution in [0.4, 0.5) is 0 Å². The van der Waals surface area contributed by atoms with Gasteiger partial charge in [0.15, 0.2) is 0 Å². The standard InChI is InChI=1S/C19H27N/c1-14-4-3-5-17(6-14)19-10-15-7-16(11-19)9-18(8-15,12-19)13-20-2/h3-6,15-16,20H,7-13H2,1-2H3.